The van der Waals surface area contributed by atoms with Crippen molar-refractivity contribution in [1.29, 1.82) is 0 Å². The van der Waals surface area contributed by atoms with Crippen LogP contribution in [0, 0.1) is 0 Å². The minimum absolute atomic E-state index is 0.771. The molecule has 0 aliphatic heterocycles. The highest BCUT2D eigenvalue weighted by molar-refractivity contribution is 7.09. The van der Waals surface area contributed by atoms with Crippen molar-refractivity contribution in [3.63, 3.8) is 0 Å². The highest BCUT2D eigenvalue weighted by atomic mass is 35.5. The molecule has 0 fully saturated rings. The first-order valence-corrected chi connectivity index (χ1v) is 7.13. The van der Waals surface area contributed by atoms with Crippen LogP contribution in [0.5, 0.6) is 0 Å². The summed E-state index contributed by atoms with van der Waals surface area (Å²) >= 11 is 7.41. The first-order chi connectivity index (χ1) is 9.24. The monoisotopic (exact) mass is 292 g/mol. The van der Waals surface area contributed by atoms with E-state index in [2.05, 4.69) is 31.5 Å². The lowest BCUT2D eigenvalue weighted by atomic mass is 10.1. The second-order valence-corrected chi connectivity index (χ2v) is 5.57. The van der Waals surface area contributed by atoms with Crippen LogP contribution in [0.1, 0.15) is 5.56 Å². The van der Waals surface area contributed by atoms with Crippen LogP contribution in [0.25, 0.3) is 10.9 Å². The first kappa shape index (κ1) is 12.4. The topological polar surface area (TPSA) is 42.7 Å². The Bertz CT molecular complexity index is 690. The van der Waals surface area contributed by atoms with Crippen molar-refractivity contribution in [2.75, 3.05) is 11.9 Å². The predicted octanol–water partition coefficient (Wildman–Crippen LogP) is 3.34. The van der Waals surface area contributed by atoms with Gasteiger partial charge in [0.25, 0.3) is 0 Å². The second kappa shape index (κ2) is 5.19. The van der Waals surface area contributed by atoms with Gasteiger partial charge in [-0.2, -0.15) is 4.37 Å². The van der Waals surface area contributed by atoms with Gasteiger partial charge in [0, 0.05) is 47.2 Å². The van der Waals surface area contributed by atoms with E-state index in [0.717, 1.165) is 23.1 Å². The van der Waals surface area contributed by atoms with Gasteiger partial charge in [0.2, 0.25) is 5.13 Å². The zero-order valence-electron chi connectivity index (χ0n) is 10.4. The number of anilines is 1. The molecule has 0 saturated heterocycles. The molecule has 0 aliphatic carbocycles. The van der Waals surface area contributed by atoms with Crippen LogP contribution < -0.4 is 5.32 Å². The molecule has 6 heteroatoms. The number of fused-ring (bicyclic) bond motifs is 1. The van der Waals surface area contributed by atoms with E-state index in [1.165, 1.54) is 28.0 Å². The Labute approximate surface area is 120 Å². The quantitative estimate of drug-likeness (QED) is 0.802. The van der Waals surface area contributed by atoms with Crippen molar-refractivity contribution in [3.8, 4) is 0 Å². The van der Waals surface area contributed by atoms with Crippen LogP contribution in [0.3, 0.4) is 0 Å². The SMILES string of the molecule is Cn1cc(CCNc2ncns2)c2ccc(Cl)cc21. The number of benzene rings is 1. The Morgan fingerprint density at radius 2 is 2.32 bits per heavy atom. The highest BCUT2D eigenvalue weighted by Gasteiger charge is 2.07. The summed E-state index contributed by atoms with van der Waals surface area (Å²) in [4.78, 5) is 4.10. The summed E-state index contributed by atoms with van der Waals surface area (Å²) in [6, 6.07) is 6.02. The molecule has 0 spiro atoms. The van der Waals surface area contributed by atoms with Crippen molar-refractivity contribution >= 4 is 39.2 Å². The van der Waals surface area contributed by atoms with Crippen molar-refractivity contribution in [3.05, 3.63) is 41.3 Å². The van der Waals surface area contributed by atoms with Crippen molar-refractivity contribution < 1.29 is 0 Å². The van der Waals surface area contributed by atoms with Crippen LogP contribution in [0.4, 0.5) is 5.13 Å². The first-order valence-electron chi connectivity index (χ1n) is 5.98. The summed E-state index contributed by atoms with van der Waals surface area (Å²) in [7, 11) is 2.04. The van der Waals surface area contributed by atoms with E-state index in [9.17, 15) is 0 Å². The molecule has 2 heterocycles. The van der Waals surface area contributed by atoms with Crippen LogP contribution in [0.2, 0.25) is 5.02 Å². The summed E-state index contributed by atoms with van der Waals surface area (Å²) in [5, 5.41) is 6.16. The van der Waals surface area contributed by atoms with E-state index in [1.54, 1.807) is 6.33 Å². The fourth-order valence-corrected chi connectivity index (χ4v) is 2.82. The Balaban J connectivity index is 1.77. The van der Waals surface area contributed by atoms with Gasteiger partial charge in [-0.3, -0.25) is 0 Å². The Kier molecular flexibility index (Phi) is 3.40. The van der Waals surface area contributed by atoms with Crippen LogP contribution in [-0.2, 0) is 13.5 Å². The van der Waals surface area contributed by atoms with Gasteiger partial charge in [-0.25, -0.2) is 4.98 Å². The standard InChI is InChI=1S/C13H13ClN4S/c1-18-7-9(4-5-15-13-16-8-17-19-13)11-3-2-10(14)6-12(11)18/h2-3,6-8H,4-5H2,1H3,(H,15,16,17). The van der Waals surface area contributed by atoms with E-state index in [1.807, 2.05) is 19.2 Å². The van der Waals surface area contributed by atoms with Crippen molar-refractivity contribution in [2.45, 2.75) is 6.42 Å². The van der Waals surface area contributed by atoms with Gasteiger partial charge in [-0.05, 0) is 24.1 Å². The lowest BCUT2D eigenvalue weighted by molar-refractivity contribution is 0.942. The molecule has 4 nitrogen and oxygen atoms in total. The zero-order chi connectivity index (χ0) is 13.2. The van der Waals surface area contributed by atoms with Gasteiger partial charge < -0.3 is 9.88 Å². The molecule has 3 aromatic rings. The number of aryl methyl sites for hydroxylation is 1. The maximum atomic E-state index is 6.03. The van der Waals surface area contributed by atoms with Gasteiger partial charge in [0.1, 0.15) is 6.33 Å². The molecule has 2 aromatic heterocycles. The van der Waals surface area contributed by atoms with E-state index >= 15 is 0 Å². The fourth-order valence-electron chi connectivity index (χ4n) is 2.20. The molecule has 1 N–H and O–H groups in total. The van der Waals surface area contributed by atoms with Gasteiger partial charge >= 0.3 is 0 Å². The molecule has 3 rings (SSSR count). The van der Waals surface area contributed by atoms with Gasteiger partial charge in [-0.15, -0.1) is 0 Å². The molecule has 0 unspecified atom stereocenters. The van der Waals surface area contributed by atoms with E-state index in [0.29, 0.717) is 0 Å². The van der Waals surface area contributed by atoms with E-state index in [-0.39, 0.29) is 0 Å². The Hall–Kier alpha value is -1.59. The Morgan fingerprint density at radius 3 is 3.11 bits per heavy atom. The third kappa shape index (κ3) is 2.57. The van der Waals surface area contributed by atoms with E-state index in [4.69, 9.17) is 11.6 Å². The maximum Gasteiger partial charge on any atom is 0.202 e. The summed E-state index contributed by atoms with van der Waals surface area (Å²) in [5.74, 6) is 0. The van der Waals surface area contributed by atoms with Gasteiger partial charge in [-0.1, -0.05) is 17.7 Å². The number of halogens is 1. The lowest BCUT2D eigenvalue weighted by Crippen LogP contribution is -2.03. The average Bonchev–Trinajstić information content (AvgIpc) is 2.99. The number of hydrogen-bond donors (Lipinski definition) is 1. The molecule has 0 radical (unpaired) electrons. The number of nitrogens with one attached hydrogen (secondary N) is 1. The minimum Gasteiger partial charge on any atom is -0.360 e. The molecule has 0 atom stereocenters. The third-order valence-electron chi connectivity index (χ3n) is 3.07. The number of aromatic nitrogens is 3. The predicted molar refractivity (Wildman–Crippen MR) is 80.0 cm³/mol. The molecule has 0 bridgehead atoms. The normalized spacial score (nSPS) is 11.1. The van der Waals surface area contributed by atoms with Crippen molar-refractivity contribution in [2.24, 2.45) is 7.05 Å². The molecular weight excluding hydrogens is 280 g/mol. The third-order valence-corrected chi connectivity index (χ3v) is 3.92. The summed E-state index contributed by atoms with van der Waals surface area (Å²) in [5.41, 5.74) is 2.48. The van der Waals surface area contributed by atoms with Crippen LogP contribution in [0.15, 0.2) is 30.7 Å². The van der Waals surface area contributed by atoms with Gasteiger partial charge in [0.15, 0.2) is 0 Å². The smallest absolute Gasteiger partial charge is 0.202 e. The molecule has 0 aliphatic rings. The van der Waals surface area contributed by atoms with Crippen LogP contribution >= 0.6 is 23.1 Å². The molecule has 1 aromatic carbocycles. The van der Waals surface area contributed by atoms with Crippen molar-refractivity contribution in [1.82, 2.24) is 13.9 Å². The van der Waals surface area contributed by atoms with Gasteiger partial charge in [0.05, 0.1) is 0 Å². The molecule has 19 heavy (non-hydrogen) atoms. The summed E-state index contributed by atoms with van der Waals surface area (Å²) in [6.45, 7) is 0.844. The highest BCUT2D eigenvalue weighted by Crippen LogP contribution is 2.24. The average molecular weight is 293 g/mol. The largest absolute Gasteiger partial charge is 0.360 e. The maximum absolute atomic E-state index is 6.03. The molecule has 0 amide bonds. The van der Waals surface area contributed by atoms with E-state index < -0.39 is 0 Å². The molecular formula is C13H13ClN4S. The molecule has 98 valence electrons. The zero-order valence-corrected chi connectivity index (χ0v) is 12.0. The second-order valence-electron chi connectivity index (χ2n) is 4.35. The summed E-state index contributed by atoms with van der Waals surface area (Å²) < 4.78 is 6.07. The number of nitrogens with zero attached hydrogens (tertiary/aromatic N) is 3. The summed E-state index contributed by atoms with van der Waals surface area (Å²) in [6.07, 6.45) is 4.66. The number of hydrogen-bond acceptors (Lipinski definition) is 4. The molecule has 0 saturated carbocycles. The van der Waals surface area contributed by atoms with Crippen LogP contribution in [-0.4, -0.2) is 20.5 Å². The Morgan fingerprint density at radius 1 is 1.42 bits per heavy atom. The lowest BCUT2D eigenvalue weighted by Gasteiger charge is -2.01. The minimum atomic E-state index is 0.771. The number of rotatable bonds is 4. The fraction of sp³-hybridized carbons (Fsp3) is 0.231.